The van der Waals surface area contributed by atoms with Crippen molar-refractivity contribution in [3.8, 4) is 5.75 Å². The van der Waals surface area contributed by atoms with Crippen LogP contribution in [-0.4, -0.2) is 33.0 Å². The third-order valence-corrected chi connectivity index (χ3v) is 5.69. The molecule has 1 aromatic heterocycles. The Bertz CT molecular complexity index is 943. The van der Waals surface area contributed by atoms with Crippen LogP contribution < -0.4 is 10.1 Å². The summed E-state index contributed by atoms with van der Waals surface area (Å²) in [5.41, 5.74) is 2.14. The molecule has 3 aromatic rings. The topological polar surface area (TPSA) is 69.0 Å². The van der Waals surface area contributed by atoms with Crippen molar-refractivity contribution < 1.29 is 9.53 Å². The summed E-state index contributed by atoms with van der Waals surface area (Å²) < 4.78 is 7.41. The van der Waals surface area contributed by atoms with Crippen LogP contribution in [0.5, 0.6) is 5.75 Å². The first kappa shape index (κ1) is 20.9. The number of nitrogens with one attached hydrogen (secondary N) is 1. The predicted molar refractivity (Wildman–Crippen MR) is 115 cm³/mol. The highest BCUT2D eigenvalue weighted by atomic mass is 32.2. The molecule has 0 saturated carbocycles. The highest BCUT2D eigenvalue weighted by molar-refractivity contribution is 8.00. The van der Waals surface area contributed by atoms with Gasteiger partial charge in [0.1, 0.15) is 11.6 Å². The molecule has 0 spiro atoms. The second kappa shape index (κ2) is 10.1. The molecule has 0 aliphatic rings. The van der Waals surface area contributed by atoms with Crippen molar-refractivity contribution in [2.45, 2.75) is 43.8 Å². The van der Waals surface area contributed by atoms with Gasteiger partial charge in [0.15, 0.2) is 5.16 Å². The molecule has 1 N–H and O–H groups in total. The number of rotatable bonds is 9. The van der Waals surface area contributed by atoms with E-state index < -0.39 is 0 Å². The number of aromatic nitrogens is 3. The van der Waals surface area contributed by atoms with Crippen LogP contribution in [-0.2, 0) is 24.3 Å². The van der Waals surface area contributed by atoms with E-state index in [-0.39, 0.29) is 11.2 Å². The first-order valence-corrected chi connectivity index (χ1v) is 10.5. The van der Waals surface area contributed by atoms with Gasteiger partial charge >= 0.3 is 0 Å². The number of para-hydroxylation sites is 1. The Morgan fingerprint density at radius 2 is 1.86 bits per heavy atom. The summed E-state index contributed by atoms with van der Waals surface area (Å²) in [5.74, 6) is 1.63. The second-order valence-corrected chi connectivity index (χ2v) is 7.90. The van der Waals surface area contributed by atoms with Crippen molar-refractivity contribution in [1.82, 2.24) is 20.1 Å². The number of ether oxygens (including phenoxy) is 1. The zero-order valence-corrected chi connectivity index (χ0v) is 17.8. The molecule has 29 heavy (non-hydrogen) atoms. The Kier molecular flexibility index (Phi) is 7.30. The number of carbonyl (C=O) groups is 1. The number of benzene rings is 2. The van der Waals surface area contributed by atoms with E-state index in [0.29, 0.717) is 6.54 Å². The summed E-state index contributed by atoms with van der Waals surface area (Å²) in [4.78, 5) is 12.6. The Labute approximate surface area is 175 Å². The van der Waals surface area contributed by atoms with Gasteiger partial charge in [0.25, 0.3) is 0 Å². The zero-order chi connectivity index (χ0) is 20.6. The second-order valence-electron chi connectivity index (χ2n) is 6.60. The van der Waals surface area contributed by atoms with E-state index in [4.69, 9.17) is 4.74 Å². The molecule has 1 unspecified atom stereocenters. The quantitative estimate of drug-likeness (QED) is 0.545. The van der Waals surface area contributed by atoms with Gasteiger partial charge in [-0.3, -0.25) is 4.79 Å². The minimum Gasteiger partial charge on any atom is -0.496 e. The molecule has 6 nitrogen and oxygen atoms in total. The smallest absolute Gasteiger partial charge is 0.233 e. The molecule has 152 valence electrons. The average Bonchev–Trinajstić information content (AvgIpc) is 3.13. The summed E-state index contributed by atoms with van der Waals surface area (Å²) in [5, 5.41) is 12.1. The number of methoxy groups -OCH3 is 1. The normalized spacial score (nSPS) is 11.8. The van der Waals surface area contributed by atoms with Crippen LogP contribution in [0.4, 0.5) is 0 Å². The molecular weight excluding hydrogens is 384 g/mol. The van der Waals surface area contributed by atoms with E-state index >= 15 is 0 Å². The Balaban J connectivity index is 1.62. The lowest BCUT2D eigenvalue weighted by Crippen LogP contribution is -2.30. The fourth-order valence-electron chi connectivity index (χ4n) is 3.02. The molecule has 0 bridgehead atoms. The number of amides is 1. The molecule has 0 aliphatic heterocycles. The highest BCUT2D eigenvalue weighted by Crippen LogP contribution is 2.24. The lowest BCUT2D eigenvalue weighted by molar-refractivity contribution is -0.120. The van der Waals surface area contributed by atoms with E-state index in [9.17, 15) is 4.79 Å². The van der Waals surface area contributed by atoms with Crippen molar-refractivity contribution in [3.63, 3.8) is 0 Å². The van der Waals surface area contributed by atoms with Crippen LogP contribution in [0.1, 0.15) is 30.8 Å². The summed E-state index contributed by atoms with van der Waals surface area (Å²) in [6.07, 6.45) is 0.719. The number of nitrogens with zero attached hydrogens (tertiary/aromatic N) is 3. The lowest BCUT2D eigenvalue weighted by Gasteiger charge is -2.14. The Morgan fingerprint density at radius 1 is 1.14 bits per heavy atom. The summed E-state index contributed by atoms with van der Waals surface area (Å²) in [7, 11) is 1.63. The molecule has 3 rings (SSSR count). The number of thioether (sulfide) groups is 1. The highest BCUT2D eigenvalue weighted by Gasteiger charge is 2.20. The van der Waals surface area contributed by atoms with Crippen molar-refractivity contribution in [1.29, 1.82) is 0 Å². The zero-order valence-electron chi connectivity index (χ0n) is 17.0. The molecule has 0 aliphatic carbocycles. The van der Waals surface area contributed by atoms with Crippen molar-refractivity contribution in [2.24, 2.45) is 0 Å². The van der Waals surface area contributed by atoms with Crippen LogP contribution >= 0.6 is 11.8 Å². The van der Waals surface area contributed by atoms with Gasteiger partial charge in [0.2, 0.25) is 5.91 Å². The van der Waals surface area contributed by atoms with Gasteiger partial charge in [0.05, 0.1) is 12.4 Å². The van der Waals surface area contributed by atoms with Crippen LogP contribution in [0.2, 0.25) is 0 Å². The summed E-state index contributed by atoms with van der Waals surface area (Å²) in [6.45, 7) is 5.13. The average molecular weight is 411 g/mol. The van der Waals surface area contributed by atoms with Crippen LogP contribution in [0.3, 0.4) is 0 Å². The molecular formula is C22H26N4O2S. The van der Waals surface area contributed by atoms with Crippen molar-refractivity contribution in [3.05, 3.63) is 71.5 Å². The minimum atomic E-state index is -0.288. The maximum Gasteiger partial charge on any atom is 0.233 e. The van der Waals surface area contributed by atoms with Crippen LogP contribution in [0.25, 0.3) is 0 Å². The molecule has 0 radical (unpaired) electrons. The van der Waals surface area contributed by atoms with Crippen LogP contribution in [0, 0.1) is 0 Å². The maximum absolute atomic E-state index is 12.6. The monoisotopic (exact) mass is 410 g/mol. The molecule has 0 saturated heterocycles. The van der Waals surface area contributed by atoms with Gasteiger partial charge in [-0.25, -0.2) is 0 Å². The van der Waals surface area contributed by atoms with E-state index in [0.717, 1.165) is 35.3 Å². The first-order chi connectivity index (χ1) is 14.1. The molecule has 2 aromatic carbocycles. The van der Waals surface area contributed by atoms with Gasteiger partial charge in [-0.2, -0.15) is 0 Å². The minimum absolute atomic E-state index is 0.0452. The standard InChI is InChI=1S/C22H26N4O2S/c1-4-26-20(14-17-10-6-5-7-11-17)24-25-22(26)29-16(2)21(27)23-15-18-12-8-9-13-19(18)28-3/h5-13,16H,4,14-15H2,1-3H3,(H,23,27). The molecule has 0 fully saturated rings. The Morgan fingerprint density at radius 3 is 2.59 bits per heavy atom. The summed E-state index contributed by atoms with van der Waals surface area (Å²) in [6, 6.07) is 17.9. The number of hydrogen-bond acceptors (Lipinski definition) is 5. The Hall–Kier alpha value is -2.80. The largest absolute Gasteiger partial charge is 0.496 e. The predicted octanol–water partition coefficient (Wildman–Crippen LogP) is 3.69. The van der Waals surface area contributed by atoms with E-state index in [1.807, 2.05) is 49.4 Å². The molecule has 7 heteroatoms. The van der Waals surface area contributed by atoms with Gasteiger partial charge in [-0.1, -0.05) is 60.3 Å². The van der Waals surface area contributed by atoms with Gasteiger partial charge < -0.3 is 14.6 Å². The van der Waals surface area contributed by atoms with E-state index in [1.165, 1.54) is 17.3 Å². The van der Waals surface area contributed by atoms with Crippen molar-refractivity contribution in [2.75, 3.05) is 7.11 Å². The van der Waals surface area contributed by atoms with Gasteiger partial charge in [-0.15, -0.1) is 10.2 Å². The van der Waals surface area contributed by atoms with Gasteiger partial charge in [0, 0.05) is 25.1 Å². The first-order valence-electron chi connectivity index (χ1n) is 9.64. The third kappa shape index (κ3) is 5.38. The molecule has 1 atom stereocenters. The molecule has 1 heterocycles. The number of carbonyl (C=O) groups excluding carboxylic acids is 1. The van der Waals surface area contributed by atoms with Crippen molar-refractivity contribution >= 4 is 17.7 Å². The van der Waals surface area contributed by atoms with Crippen LogP contribution in [0.15, 0.2) is 59.8 Å². The molecule has 1 amide bonds. The lowest BCUT2D eigenvalue weighted by atomic mass is 10.1. The van der Waals surface area contributed by atoms with E-state index in [1.54, 1.807) is 7.11 Å². The SMILES string of the molecule is CCn1c(Cc2ccccc2)nnc1SC(C)C(=O)NCc1ccccc1OC. The fraction of sp³-hybridized carbons (Fsp3) is 0.318. The maximum atomic E-state index is 12.6. The third-order valence-electron chi connectivity index (χ3n) is 4.61. The number of hydrogen-bond donors (Lipinski definition) is 1. The van der Waals surface area contributed by atoms with Gasteiger partial charge in [-0.05, 0) is 25.5 Å². The van der Waals surface area contributed by atoms with E-state index in [2.05, 4.69) is 39.1 Å². The fourth-order valence-corrected chi connectivity index (χ4v) is 3.98. The summed E-state index contributed by atoms with van der Waals surface area (Å²) >= 11 is 1.43.